The first kappa shape index (κ1) is 18.0. The molecule has 0 radical (unpaired) electrons. The standard InChI is InChI=1S/C16H28N2O2S/c1-5-7-9-14(8-6-2)18-21(19,20)16-11-13(4)12(3)10-15(16)17/h10-11,14,18H,5-9,17H2,1-4H3. The van der Waals surface area contributed by atoms with E-state index in [2.05, 4.69) is 18.6 Å². The fraction of sp³-hybridized carbons (Fsp3) is 0.625. The zero-order chi connectivity index (χ0) is 16.0. The zero-order valence-electron chi connectivity index (χ0n) is 13.6. The van der Waals surface area contributed by atoms with E-state index in [0.717, 1.165) is 43.2 Å². The lowest BCUT2D eigenvalue weighted by Crippen LogP contribution is -2.35. The predicted octanol–water partition coefficient (Wildman–Crippen LogP) is 3.52. The average molecular weight is 312 g/mol. The van der Waals surface area contributed by atoms with Crippen LogP contribution in [-0.2, 0) is 10.0 Å². The Morgan fingerprint density at radius 3 is 2.29 bits per heavy atom. The van der Waals surface area contributed by atoms with Gasteiger partial charge in [-0.05, 0) is 49.9 Å². The maximum atomic E-state index is 12.6. The molecule has 0 spiro atoms. The molecule has 1 unspecified atom stereocenters. The summed E-state index contributed by atoms with van der Waals surface area (Å²) in [4.78, 5) is 0.197. The van der Waals surface area contributed by atoms with Crippen LogP contribution in [0.1, 0.15) is 57.1 Å². The fourth-order valence-electron chi connectivity index (χ4n) is 2.39. The molecule has 5 heteroatoms. The second-order valence-corrected chi connectivity index (χ2v) is 7.41. The van der Waals surface area contributed by atoms with Crippen LogP contribution in [0.4, 0.5) is 5.69 Å². The lowest BCUT2D eigenvalue weighted by Gasteiger charge is -2.19. The number of aryl methyl sites for hydroxylation is 2. The van der Waals surface area contributed by atoms with Gasteiger partial charge >= 0.3 is 0 Å². The lowest BCUT2D eigenvalue weighted by molar-refractivity contribution is 0.483. The van der Waals surface area contributed by atoms with Gasteiger partial charge in [-0.25, -0.2) is 13.1 Å². The van der Waals surface area contributed by atoms with Crippen molar-refractivity contribution in [1.82, 2.24) is 4.72 Å². The van der Waals surface area contributed by atoms with E-state index in [-0.39, 0.29) is 10.9 Å². The fourth-order valence-corrected chi connectivity index (χ4v) is 3.89. The number of hydrogen-bond donors (Lipinski definition) is 2. The Kier molecular flexibility index (Phi) is 6.68. The topological polar surface area (TPSA) is 72.2 Å². The molecule has 1 aromatic rings. The summed E-state index contributed by atoms with van der Waals surface area (Å²) in [7, 11) is -3.56. The number of nitrogen functional groups attached to an aromatic ring is 1. The minimum atomic E-state index is -3.56. The van der Waals surface area contributed by atoms with Gasteiger partial charge in [-0.3, -0.25) is 0 Å². The molecule has 0 aliphatic heterocycles. The minimum absolute atomic E-state index is 0.0130. The van der Waals surface area contributed by atoms with Gasteiger partial charge in [0.25, 0.3) is 0 Å². The van der Waals surface area contributed by atoms with E-state index in [1.165, 1.54) is 0 Å². The highest BCUT2D eigenvalue weighted by Gasteiger charge is 2.22. The SMILES string of the molecule is CCCCC(CCC)NS(=O)(=O)c1cc(C)c(C)cc1N. The van der Waals surface area contributed by atoms with Crippen LogP contribution in [0.3, 0.4) is 0 Å². The zero-order valence-corrected chi connectivity index (χ0v) is 14.4. The third-order valence-electron chi connectivity index (χ3n) is 3.78. The average Bonchev–Trinajstić information content (AvgIpc) is 2.40. The summed E-state index contributed by atoms with van der Waals surface area (Å²) in [6.07, 6.45) is 4.76. The van der Waals surface area contributed by atoms with Crippen LogP contribution in [0.2, 0.25) is 0 Å². The van der Waals surface area contributed by atoms with Crippen LogP contribution in [0.15, 0.2) is 17.0 Å². The van der Waals surface area contributed by atoms with E-state index in [1.54, 1.807) is 12.1 Å². The van der Waals surface area contributed by atoms with Crippen LogP contribution in [0, 0.1) is 13.8 Å². The molecule has 0 fully saturated rings. The molecule has 0 saturated heterocycles. The maximum absolute atomic E-state index is 12.6. The second-order valence-electron chi connectivity index (χ2n) is 5.72. The van der Waals surface area contributed by atoms with Crippen molar-refractivity contribution in [3.05, 3.63) is 23.3 Å². The van der Waals surface area contributed by atoms with Crippen LogP contribution < -0.4 is 10.5 Å². The highest BCUT2D eigenvalue weighted by atomic mass is 32.2. The van der Waals surface area contributed by atoms with E-state index in [9.17, 15) is 8.42 Å². The van der Waals surface area contributed by atoms with Gasteiger partial charge in [0.05, 0.1) is 5.69 Å². The summed E-state index contributed by atoms with van der Waals surface area (Å²) >= 11 is 0. The van der Waals surface area contributed by atoms with Crippen molar-refractivity contribution >= 4 is 15.7 Å². The van der Waals surface area contributed by atoms with E-state index in [0.29, 0.717) is 5.69 Å². The summed E-state index contributed by atoms with van der Waals surface area (Å²) in [5.74, 6) is 0. The number of benzene rings is 1. The van der Waals surface area contributed by atoms with Crippen molar-refractivity contribution in [2.75, 3.05) is 5.73 Å². The van der Waals surface area contributed by atoms with Crippen LogP contribution in [0.5, 0.6) is 0 Å². The quantitative estimate of drug-likeness (QED) is 0.721. The highest BCUT2D eigenvalue weighted by molar-refractivity contribution is 7.89. The Morgan fingerprint density at radius 2 is 1.71 bits per heavy atom. The van der Waals surface area contributed by atoms with E-state index in [1.807, 2.05) is 13.8 Å². The Hall–Kier alpha value is -1.07. The molecule has 0 aliphatic rings. The molecular formula is C16H28N2O2S. The third-order valence-corrected chi connectivity index (χ3v) is 5.36. The summed E-state index contributed by atoms with van der Waals surface area (Å²) in [6.45, 7) is 8.00. The Balaban J connectivity index is 3.01. The van der Waals surface area contributed by atoms with Crippen molar-refractivity contribution in [1.29, 1.82) is 0 Å². The smallest absolute Gasteiger partial charge is 0.242 e. The van der Waals surface area contributed by atoms with Crippen LogP contribution in [-0.4, -0.2) is 14.5 Å². The Labute approximate surface area is 129 Å². The van der Waals surface area contributed by atoms with E-state index >= 15 is 0 Å². The molecule has 0 amide bonds. The summed E-state index contributed by atoms with van der Waals surface area (Å²) in [5.41, 5.74) is 8.16. The van der Waals surface area contributed by atoms with Gasteiger partial charge in [-0.2, -0.15) is 0 Å². The summed E-state index contributed by atoms with van der Waals surface area (Å²) < 4.78 is 28.0. The monoisotopic (exact) mass is 312 g/mol. The number of sulfonamides is 1. The van der Waals surface area contributed by atoms with Gasteiger partial charge in [-0.15, -0.1) is 0 Å². The first-order valence-corrected chi connectivity index (χ1v) is 9.19. The molecule has 0 aromatic heterocycles. The molecule has 0 heterocycles. The first-order chi connectivity index (χ1) is 9.81. The summed E-state index contributed by atoms with van der Waals surface area (Å²) in [5, 5.41) is 0. The number of hydrogen-bond acceptors (Lipinski definition) is 3. The molecule has 0 saturated carbocycles. The molecule has 3 N–H and O–H groups in total. The van der Waals surface area contributed by atoms with Gasteiger partial charge in [0.1, 0.15) is 4.90 Å². The molecule has 4 nitrogen and oxygen atoms in total. The number of nitrogens with one attached hydrogen (secondary N) is 1. The Morgan fingerprint density at radius 1 is 1.10 bits per heavy atom. The molecule has 0 aliphatic carbocycles. The van der Waals surface area contributed by atoms with Gasteiger partial charge < -0.3 is 5.73 Å². The van der Waals surface area contributed by atoms with Crippen molar-refractivity contribution < 1.29 is 8.42 Å². The molecule has 0 bridgehead atoms. The lowest BCUT2D eigenvalue weighted by atomic mass is 10.1. The van der Waals surface area contributed by atoms with Crippen LogP contribution in [0.25, 0.3) is 0 Å². The molecular weight excluding hydrogens is 284 g/mol. The van der Waals surface area contributed by atoms with Gasteiger partial charge in [0, 0.05) is 6.04 Å². The van der Waals surface area contributed by atoms with Crippen molar-refractivity contribution in [2.45, 2.75) is 70.7 Å². The van der Waals surface area contributed by atoms with Crippen molar-refractivity contribution in [3.63, 3.8) is 0 Å². The number of unbranched alkanes of at least 4 members (excludes halogenated alkanes) is 1. The second kappa shape index (κ2) is 7.80. The molecule has 120 valence electrons. The molecule has 21 heavy (non-hydrogen) atoms. The van der Waals surface area contributed by atoms with E-state index in [4.69, 9.17) is 5.73 Å². The highest BCUT2D eigenvalue weighted by Crippen LogP contribution is 2.23. The summed E-state index contributed by atoms with van der Waals surface area (Å²) in [6, 6.07) is 3.38. The van der Waals surface area contributed by atoms with Crippen molar-refractivity contribution in [2.24, 2.45) is 0 Å². The molecule has 1 rings (SSSR count). The Bertz CT molecular complexity index is 568. The largest absolute Gasteiger partial charge is 0.398 e. The van der Waals surface area contributed by atoms with Crippen LogP contribution >= 0.6 is 0 Å². The number of anilines is 1. The predicted molar refractivity (Wildman–Crippen MR) is 88.9 cm³/mol. The first-order valence-electron chi connectivity index (χ1n) is 7.70. The number of nitrogens with two attached hydrogens (primary N) is 1. The van der Waals surface area contributed by atoms with E-state index < -0.39 is 10.0 Å². The van der Waals surface area contributed by atoms with Gasteiger partial charge in [0.15, 0.2) is 0 Å². The molecule has 1 atom stereocenters. The van der Waals surface area contributed by atoms with Crippen molar-refractivity contribution in [3.8, 4) is 0 Å². The van der Waals surface area contributed by atoms with Gasteiger partial charge in [-0.1, -0.05) is 33.1 Å². The minimum Gasteiger partial charge on any atom is -0.398 e. The maximum Gasteiger partial charge on any atom is 0.242 e. The normalized spacial score (nSPS) is 13.3. The number of rotatable bonds is 8. The molecule has 1 aromatic carbocycles. The van der Waals surface area contributed by atoms with Gasteiger partial charge in [0.2, 0.25) is 10.0 Å². The third kappa shape index (κ3) is 5.00.